The Morgan fingerprint density at radius 1 is 1.26 bits per heavy atom. The number of rotatable bonds is 2. The molecule has 0 bridgehead atoms. The molecule has 1 N–H and O–H groups in total. The summed E-state index contributed by atoms with van der Waals surface area (Å²) in [6, 6.07) is 4.58. The predicted molar refractivity (Wildman–Crippen MR) is 90.4 cm³/mol. The number of hydrogen-bond donors (Lipinski definition) is 1. The molecule has 1 aromatic heterocycles. The van der Waals surface area contributed by atoms with Gasteiger partial charge in [-0.15, -0.1) is 0 Å². The normalized spacial score (nSPS) is 27.0. The Kier molecular flexibility index (Phi) is 4.21. The molecule has 0 radical (unpaired) electrons. The quantitative estimate of drug-likeness (QED) is 0.908. The average Bonchev–Trinajstić information content (AvgIpc) is 2.97. The fraction of sp³-hybridized carbons (Fsp3) is 0.667. The van der Waals surface area contributed by atoms with Gasteiger partial charge in [-0.1, -0.05) is 6.07 Å². The molecule has 1 saturated heterocycles. The van der Waals surface area contributed by atoms with E-state index in [4.69, 9.17) is 4.74 Å². The summed E-state index contributed by atoms with van der Waals surface area (Å²) in [5, 5.41) is 3.53. The number of carbonyl (C=O) groups is 1. The molecule has 1 amide bonds. The second-order valence-electron chi connectivity index (χ2n) is 7.94. The topological polar surface area (TPSA) is 54.5 Å². The molecule has 2 heterocycles. The smallest absolute Gasteiger partial charge is 0.410 e. The summed E-state index contributed by atoms with van der Waals surface area (Å²) in [5.41, 5.74) is 0.752. The Morgan fingerprint density at radius 3 is 2.43 bits per heavy atom. The maximum atomic E-state index is 12.2. The second kappa shape index (κ2) is 6.02. The van der Waals surface area contributed by atoms with Gasteiger partial charge in [-0.05, 0) is 64.0 Å². The second-order valence-corrected chi connectivity index (χ2v) is 7.94. The first-order valence-corrected chi connectivity index (χ1v) is 8.47. The molecule has 5 nitrogen and oxygen atoms in total. The highest BCUT2D eigenvalue weighted by molar-refractivity contribution is 5.68. The number of fused-ring (bicyclic) bond motifs is 1. The molecule has 1 aromatic rings. The van der Waals surface area contributed by atoms with Crippen LogP contribution in [-0.4, -0.2) is 40.7 Å². The fourth-order valence-electron chi connectivity index (χ4n) is 3.66. The number of amides is 1. The molecule has 1 saturated carbocycles. The predicted octanol–water partition coefficient (Wildman–Crippen LogP) is 3.45. The molecule has 0 aromatic carbocycles. The minimum absolute atomic E-state index is 0.170. The Balaban J connectivity index is 1.51. The Labute approximate surface area is 138 Å². The zero-order valence-electron chi connectivity index (χ0n) is 14.5. The molecular weight excluding hydrogens is 290 g/mol. The summed E-state index contributed by atoms with van der Waals surface area (Å²) in [5.74, 6) is 2.10. The van der Waals surface area contributed by atoms with Crippen molar-refractivity contribution in [2.45, 2.75) is 52.2 Å². The highest BCUT2D eigenvalue weighted by atomic mass is 16.6. The molecule has 5 heteroatoms. The highest BCUT2D eigenvalue weighted by Crippen LogP contribution is 2.39. The van der Waals surface area contributed by atoms with Crippen LogP contribution in [0.25, 0.3) is 0 Å². The van der Waals surface area contributed by atoms with E-state index in [9.17, 15) is 4.79 Å². The Bertz CT molecular complexity index is 551. The summed E-state index contributed by atoms with van der Waals surface area (Å²) in [6.45, 7) is 9.42. The number of pyridine rings is 1. The number of nitrogens with zero attached hydrogens (tertiary/aromatic N) is 2. The van der Waals surface area contributed by atoms with Gasteiger partial charge in [0.25, 0.3) is 0 Å². The van der Waals surface area contributed by atoms with Gasteiger partial charge >= 0.3 is 6.09 Å². The van der Waals surface area contributed by atoms with Gasteiger partial charge in [0.1, 0.15) is 11.4 Å². The van der Waals surface area contributed by atoms with Gasteiger partial charge in [0, 0.05) is 25.3 Å². The molecule has 1 aliphatic heterocycles. The number of likely N-dealkylation sites (tertiary alicyclic amines) is 1. The van der Waals surface area contributed by atoms with Crippen molar-refractivity contribution >= 4 is 11.9 Å². The van der Waals surface area contributed by atoms with Gasteiger partial charge in [0.2, 0.25) is 0 Å². The molecule has 3 atom stereocenters. The van der Waals surface area contributed by atoms with E-state index in [0.717, 1.165) is 31.7 Å². The van der Waals surface area contributed by atoms with E-state index in [1.165, 1.54) is 5.56 Å². The van der Waals surface area contributed by atoms with Crippen LogP contribution >= 0.6 is 0 Å². The minimum Gasteiger partial charge on any atom is -0.444 e. The molecule has 1 aliphatic carbocycles. The van der Waals surface area contributed by atoms with Gasteiger partial charge < -0.3 is 15.0 Å². The van der Waals surface area contributed by atoms with Crippen LogP contribution in [0.1, 0.15) is 39.2 Å². The summed E-state index contributed by atoms with van der Waals surface area (Å²) < 4.78 is 5.48. The maximum Gasteiger partial charge on any atom is 0.410 e. The first-order valence-electron chi connectivity index (χ1n) is 8.47. The molecular formula is C18H27N3O2. The van der Waals surface area contributed by atoms with Crippen LogP contribution in [0.3, 0.4) is 0 Å². The number of nitrogens with one attached hydrogen (secondary N) is 1. The van der Waals surface area contributed by atoms with E-state index < -0.39 is 5.60 Å². The average molecular weight is 317 g/mol. The molecule has 0 unspecified atom stereocenters. The summed E-state index contributed by atoms with van der Waals surface area (Å²) in [4.78, 5) is 18.5. The van der Waals surface area contributed by atoms with Crippen molar-refractivity contribution in [3.63, 3.8) is 0 Å². The number of hydrogen-bond acceptors (Lipinski definition) is 4. The van der Waals surface area contributed by atoms with Crippen LogP contribution in [0, 0.1) is 18.8 Å². The third kappa shape index (κ3) is 3.95. The highest BCUT2D eigenvalue weighted by Gasteiger charge is 2.43. The zero-order chi connectivity index (χ0) is 16.6. The Morgan fingerprint density at radius 2 is 1.91 bits per heavy atom. The monoisotopic (exact) mass is 317 g/mol. The first-order chi connectivity index (χ1) is 10.8. The number of aryl methyl sites for hydroxylation is 1. The van der Waals surface area contributed by atoms with Crippen molar-refractivity contribution in [1.29, 1.82) is 0 Å². The van der Waals surface area contributed by atoms with Crippen molar-refractivity contribution in [2.75, 3.05) is 18.4 Å². The lowest BCUT2D eigenvalue weighted by Crippen LogP contribution is -2.36. The van der Waals surface area contributed by atoms with Crippen molar-refractivity contribution < 1.29 is 9.53 Å². The lowest BCUT2D eigenvalue weighted by atomic mass is 10.0. The number of aromatic nitrogens is 1. The molecule has 0 spiro atoms. The van der Waals surface area contributed by atoms with E-state index in [1.54, 1.807) is 0 Å². The third-order valence-corrected chi connectivity index (χ3v) is 4.67. The van der Waals surface area contributed by atoms with E-state index >= 15 is 0 Å². The Hall–Kier alpha value is -1.78. The van der Waals surface area contributed by atoms with Gasteiger partial charge in [-0.3, -0.25) is 0 Å². The van der Waals surface area contributed by atoms with Crippen LogP contribution in [0.4, 0.5) is 10.6 Å². The number of carbonyl (C=O) groups excluding carboxylic acids is 1. The van der Waals surface area contributed by atoms with E-state index in [2.05, 4.69) is 16.4 Å². The molecule has 3 rings (SSSR count). The molecule has 2 fully saturated rings. The van der Waals surface area contributed by atoms with Gasteiger partial charge in [-0.25, -0.2) is 9.78 Å². The van der Waals surface area contributed by atoms with E-state index in [1.807, 2.05) is 44.9 Å². The summed E-state index contributed by atoms with van der Waals surface area (Å²) in [7, 11) is 0. The van der Waals surface area contributed by atoms with Crippen molar-refractivity contribution in [3.05, 3.63) is 23.9 Å². The lowest BCUT2D eigenvalue weighted by molar-refractivity contribution is 0.0280. The largest absolute Gasteiger partial charge is 0.444 e. The van der Waals surface area contributed by atoms with Crippen molar-refractivity contribution in [2.24, 2.45) is 11.8 Å². The van der Waals surface area contributed by atoms with Crippen LogP contribution in [-0.2, 0) is 4.74 Å². The SMILES string of the molecule is Cc1ccc(N[C@H]2C[C@@H]3CN(C(=O)OC(C)(C)C)C[C@@H]3C2)nc1. The summed E-state index contributed by atoms with van der Waals surface area (Å²) >= 11 is 0. The van der Waals surface area contributed by atoms with Crippen molar-refractivity contribution in [3.8, 4) is 0 Å². The lowest BCUT2D eigenvalue weighted by Gasteiger charge is -2.25. The maximum absolute atomic E-state index is 12.2. The zero-order valence-corrected chi connectivity index (χ0v) is 14.5. The van der Waals surface area contributed by atoms with Gasteiger partial charge in [0.05, 0.1) is 0 Å². The van der Waals surface area contributed by atoms with Crippen LogP contribution < -0.4 is 5.32 Å². The number of anilines is 1. The standard InChI is InChI=1S/C18H27N3O2/c1-12-5-6-16(19-9-12)20-15-7-13-10-21(11-14(13)8-15)17(22)23-18(2,3)4/h5-6,9,13-15H,7-8,10-11H2,1-4H3,(H,19,20)/t13-,14+,15+. The summed E-state index contributed by atoms with van der Waals surface area (Å²) in [6.07, 6.45) is 3.91. The third-order valence-electron chi connectivity index (χ3n) is 4.67. The molecule has 126 valence electrons. The molecule has 2 aliphatic rings. The van der Waals surface area contributed by atoms with E-state index in [-0.39, 0.29) is 6.09 Å². The van der Waals surface area contributed by atoms with E-state index in [0.29, 0.717) is 17.9 Å². The van der Waals surface area contributed by atoms with Crippen LogP contribution in [0.5, 0.6) is 0 Å². The van der Waals surface area contributed by atoms with Crippen LogP contribution in [0.15, 0.2) is 18.3 Å². The van der Waals surface area contributed by atoms with Gasteiger partial charge in [-0.2, -0.15) is 0 Å². The van der Waals surface area contributed by atoms with Gasteiger partial charge in [0.15, 0.2) is 0 Å². The fourth-order valence-corrected chi connectivity index (χ4v) is 3.66. The number of ether oxygens (including phenoxy) is 1. The van der Waals surface area contributed by atoms with Crippen LogP contribution in [0.2, 0.25) is 0 Å². The van der Waals surface area contributed by atoms with Crippen molar-refractivity contribution in [1.82, 2.24) is 9.88 Å². The first kappa shape index (κ1) is 16.1. The molecule has 23 heavy (non-hydrogen) atoms. The minimum atomic E-state index is -0.421.